The van der Waals surface area contributed by atoms with E-state index in [9.17, 15) is 4.79 Å². The van der Waals surface area contributed by atoms with Crippen LogP contribution in [-0.4, -0.2) is 31.1 Å². The second-order valence-corrected chi connectivity index (χ2v) is 6.75. The third kappa shape index (κ3) is 2.80. The van der Waals surface area contributed by atoms with Gasteiger partial charge in [0.15, 0.2) is 5.76 Å². The standard InChI is InChI=1S/C19H23N3O2/c1-13-10-14-4-2-3-5-17(14)22(13)12-15-7-9-24-18(15)19(23)21-16-6-8-20-11-16/h2-5,7,9,13,16,20H,6,8,10-12H2,1H3,(H,21,23). The van der Waals surface area contributed by atoms with Crippen LogP contribution in [0.3, 0.4) is 0 Å². The number of nitrogens with zero attached hydrogens (tertiary/aromatic N) is 1. The molecule has 2 aliphatic heterocycles. The van der Waals surface area contributed by atoms with Crippen molar-refractivity contribution in [2.75, 3.05) is 18.0 Å². The molecule has 0 bridgehead atoms. The Balaban J connectivity index is 1.52. The first-order chi connectivity index (χ1) is 11.7. The molecule has 1 saturated heterocycles. The fourth-order valence-corrected chi connectivity index (χ4v) is 3.74. The number of carbonyl (C=O) groups excluding carboxylic acids is 1. The zero-order chi connectivity index (χ0) is 16.5. The number of anilines is 1. The van der Waals surface area contributed by atoms with Gasteiger partial charge < -0.3 is 20.0 Å². The summed E-state index contributed by atoms with van der Waals surface area (Å²) >= 11 is 0. The van der Waals surface area contributed by atoms with E-state index in [2.05, 4.69) is 46.7 Å². The summed E-state index contributed by atoms with van der Waals surface area (Å²) in [5.41, 5.74) is 3.58. The number of hydrogen-bond acceptors (Lipinski definition) is 4. The second kappa shape index (κ2) is 6.32. The molecule has 0 radical (unpaired) electrons. The van der Waals surface area contributed by atoms with Crippen molar-refractivity contribution in [3.05, 3.63) is 53.5 Å². The third-order valence-electron chi connectivity index (χ3n) is 5.04. The number of fused-ring (bicyclic) bond motifs is 1. The molecule has 1 fully saturated rings. The summed E-state index contributed by atoms with van der Waals surface area (Å²) in [6.07, 6.45) is 3.63. The lowest BCUT2D eigenvalue weighted by Gasteiger charge is -2.24. The van der Waals surface area contributed by atoms with Crippen molar-refractivity contribution in [1.82, 2.24) is 10.6 Å². The van der Waals surface area contributed by atoms with Gasteiger partial charge >= 0.3 is 0 Å². The van der Waals surface area contributed by atoms with E-state index in [1.54, 1.807) is 6.26 Å². The van der Waals surface area contributed by atoms with E-state index in [1.165, 1.54) is 11.3 Å². The van der Waals surface area contributed by atoms with E-state index in [4.69, 9.17) is 4.42 Å². The van der Waals surface area contributed by atoms with E-state index < -0.39 is 0 Å². The predicted octanol–water partition coefficient (Wildman–Crippen LogP) is 2.32. The van der Waals surface area contributed by atoms with Crippen LogP contribution >= 0.6 is 0 Å². The van der Waals surface area contributed by atoms with Gasteiger partial charge in [0.2, 0.25) is 0 Å². The fraction of sp³-hybridized carbons (Fsp3) is 0.421. The Bertz CT molecular complexity index is 734. The van der Waals surface area contributed by atoms with Crippen molar-refractivity contribution < 1.29 is 9.21 Å². The fourth-order valence-electron chi connectivity index (χ4n) is 3.74. The van der Waals surface area contributed by atoms with Crippen LogP contribution in [0.5, 0.6) is 0 Å². The molecule has 2 N–H and O–H groups in total. The van der Waals surface area contributed by atoms with E-state index in [0.29, 0.717) is 18.3 Å². The van der Waals surface area contributed by atoms with Crippen LogP contribution in [0, 0.1) is 0 Å². The lowest BCUT2D eigenvalue weighted by Crippen LogP contribution is -2.37. The first kappa shape index (κ1) is 15.3. The van der Waals surface area contributed by atoms with Crippen LogP contribution in [0.2, 0.25) is 0 Å². The van der Waals surface area contributed by atoms with Crippen LogP contribution in [0.25, 0.3) is 0 Å². The molecule has 2 unspecified atom stereocenters. The van der Waals surface area contributed by atoms with Gasteiger partial charge in [-0.15, -0.1) is 0 Å². The molecule has 24 heavy (non-hydrogen) atoms. The van der Waals surface area contributed by atoms with Gasteiger partial charge in [-0.05, 0) is 44.0 Å². The molecule has 1 amide bonds. The average Bonchev–Trinajstić information content (AvgIpc) is 3.29. The lowest BCUT2D eigenvalue weighted by molar-refractivity contribution is 0.0910. The van der Waals surface area contributed by atoms with Crippen molar-refractivity contribution >= 4 is 11.6 Å². The number of benzene rings is 1. The molecule has 0 spiro atoms. The molecule has 1 aromatic carbocycles. The first-order valence-corrected chi connectivity index (χ1v) is 8.65. The smallest absolute Gasteiger partial charge is 0.287 e. The molecule has 4 rings (SSSR count). The molecule has 3 heterocycles. The molecule has 1 aromatic heterocycles. The molecular formula is C19H23N3O2. The molecule has 126 valence electrons. The molecule has 0 aliphatic carbocycles. The van der Waals surface area contributed by atoms with Crippen LogP contribution in [0.4, 0.5) is 5.69 Å². The summed E-state index contributed by atoms with van der Waals surface area (Å²) in [5, 5.41) is 6.32. The van der Waals surface area contributed by atoms with E-state index >= 15 is 0 Å². The quantitative estimate of drug-likeness (QED) is 0.906. The van der Waals surface area contributed by atoms with Gasteiger partial charge in [-0.2, -0.15) is 0 Å². The van der Waals surface area contributed by atoms with Gasteiger partial charge in [-0.25, -0.2) is 0 Å². The Labute approximate surface area is 142 Å². The van der Waals surface area contributed by atoms with Crippen LogP contribution in [0.1, 0.15) is 35.0 Å². The molecule has 2 aromatic rings. The summed E-state index contributed by atoms with van der Waals surface area (Å²) < 4.78 is 5.51. The number of carbonyl (C=O) groups is 1. The maximum absolute atomic E-state index is 12.5. The topological polar surface area (TPSA) is 57.5 Å². The van der Waals surface area contributed by atoms with Gasteiger partial charge in [0.25, 0.3) is 5.91 Å². The van der Waals surface area contributed by atoms with Crippen LogP contribution in [-0.2, 0) is 13.0 Å². The number of furan rings is 1. The van der Waals surface area contributed by atoms with Crippen molar-refractivity contribution in [2.24, 2.45) is 0 Å². The van der Waals surface area contributed by atoms with Gasteiger partial charge in [-0.1, -0.05) is 18.2 Å². The van der Waals surface area contributed by atoms with Crippen molar-refractivity contribution in [3.8, 4) is 0 Å². The van der Waals surface area contributed by atoms with Gasteiger partial charge in [-0.3, -0.25) is 4.79 Å². The maximum Gasteiger partial charge on any atom is 0.287 e. The summed E-state index contributed by atoms with van der Waals surface area (Å²) in [7, 11) is 0. The molecule has 2 atom stereocenters. The Kier molecular flexibility index (Phi) is 4.02. The Morgan fingerprint density at radius 2 is 2.25 bits per heavy atom. The van der Waals surface area contributed by atoms with Crippen LogP contribution in [0.15, 0.2) is 41.0 Å². The minimum atomic E-state index is -0.108. The molecule has 2 aliphatic rings. The Morgan fingerprint density at radius 3 is 3.08 bits per heavy atom. The molecule has 5 nitrogen and oxygen atoms in total. The van der Waals surface area contributed by atoms with Gasteiger partial charge in [0.05, 0.1) is 6.26 Å². The highest BCUT2D eigenvalue weighted by Gasteiger charge is 2.28. The van der Waals surface area contributed by atoms with Gasteiger partial charge in [0, 0.05) is 36.4 Å². The monoisotopic (exact) mass is 325 g/mol. The summed E-state index contributed by atoms with van der Waals surface area (Å²) in [4.78, 5) is 14.9. The normalized spacial score (nSPS) is 22.6. The van der Waals surface area contributed by atoms with E-state index in [0.717, 1.165) is 31.5 Å². The predicted molar refractivity (Wildman–Crippen MR) is 93.2 cm³/mol. The lowest BCUT2D eigenvalue weighted by atomic mass is 10.1. The number of para-hydroxylation sites is 1. The zero-order valence-corrected chi connectivity index (χ0v) is 13.9. The highest BCUT2D eigenvalue weighted by atomic mass is 16.3. The molecule has 0 saturated carbocycles. The average molecular weight is 325 g/mol. The van der Waals surface area contributed by atoms with Crippen LogP contribution < -0.4 is 15.5 Å². The number of nitrogens with one attached hydrogen (secondary N) is 2. The third-order valence-corrected chi connectivity index (χ3v) is 5.04. The highest BCUT2D eigenvalue weighted by molar-refractivity contribution is 5.93. The van der Waals surface area contributed by atoms with E-state index in [-0.39, 0.29) is 11.9 Å². The molecular weight excluding hydrogens is 302 g/mol. The summed E-state index contributed by atoms with van der Waals surface area (Å²) in [6.45, 7) is 4.71. The summed E-state index contributed by atoms with van der Waals surface area (Å²) in [6, 6.07) is 11.0. The van der Waals surface area contributed by atoms with Crippen molar-refractivity contribution in [2.45, 2.75) is 38.4 Å². The Morgan fingerprint density at radius 1 is 1.38 bits per heavy atom. The maximum atomic E-state index is 12.5. The van der Waals surface area contributed by atoms with Gasteiger partial charge in [0.1, 0.15) is 0 Å². The van der Waals surface area contributed by atoms with E-state index in [1.807, 2.05) is 6.07 Å². The largest absolute Gasteiger partial charge is 0.459 e. The van der Waals surface area contributed by atoms with Crippen molar-refractivity contribution in [3.63, 3.8) is 0 Å². The minimum Gasteiger partial charge on any atom is -0.459 e. The number of amides is 1. The second-order valence-electron chi connectivity index (χ2n) is 6.75. The number of hydrogen-bond donors (Lipinski definition) is 2. The molecule has 5 heteroatoms. The zero-order valence-electron chi connectivity index (χ0n) is 13.9. The highest BCUT2D eigenvalue weighted by Crippen LogP contribution is 2.33. The Hall–Kier alpha value is -2.27. The van der Waals surface area contributed by atoms with Crippen molar-refractivity contribution in [1.29, 1.82) is 0 Å². The SMILES string of the molecule is CC1Cc2ccccc2N1Cc1ccoc1C(=O)NC1CCNC1. The first-order valence-electron chi connectivity index (χ1n) is 8.65. The minimum absolute atomic E-state index is 0.108. The number of rotatable bonds is 4. The summed E-state index contributed by atoms with van der Waals surface area (Å²) in [5.74, 6) is 0.335.